The molecule has 2 fully saturated rings. The lowest BCUT2D eigenvalue weighted by atomic mass is 10.1. The maximum atomic E-state index is 12.8. The number of benzene rings is 1. The van der Waals surface area contributed by atoms with Gasteiger partial charge < -0.3 is 9.80 Å². The second kappa shape index (κ2) is 8.23. The number of rotatable bonds is 5. The molecule has 27 heavy (non-hydrogen) atoms. The third kappa shape index (κ3) is 4.39. The summed E-state index contributed by atoms with van der Waals surface area (Å²) in [6.45, 7) is 5.84. The maximum absolute atomic E-state index is 12.8. The smallest absolute Gasteiger partial charge is 0.253 e. The van der Waals surface area contributed by atoms with Gasteiger partial charge in [0.2, 0.25) is 5.91 Å². The first-order valence-corrected chi connectivity index (χ1v) is 10.5. The van der Waals surface area contributed by atoms with Gasteiger partial charge in [0.1, 0.15) is 0 Å². The summed E-state index contributed by atoms with van der Waals surface area (Å²) in [6, 6.07) is 12.0. The van der Waals surface area contributed by atoms with Gasteiger partial charge in [-0.3, -0.25) is 14.5 Å². The van der Waals surface area contributed by atoms with Crippen molar-refractivity contribution in [1.82, 2.24) is 14.7 Å². The minimum absolute atomic E-state index is 0.106. The minimum atomic E-state index is 0.106. The molecular weight excluding hydrogens is 358 g/mol. The van der Waals surface area contributed by atoms with Crippen molar-refractivity contribution in [2.75, 3.05) is 32.7 Å². The van der Waals surface area contributed by atoms with Gasteiger partial charge in [-0.05, 0) is 35.6 Å². The predicted molar refractivity (Wildman–Crippen MR) is 107 cm³/mol. The Labute approximate surface area is 164 Å². The van der Waals surface area contributed by atoms with Crippen LogP contribution in [0.4, 0.5) is 0 Å². The summed E-state index contributed by atoms with van der Waals surface area (Å²) in [6.07, 6.45) is 1.61. The van der Waals surface area contributed by atoms with Crippen LogP contribution in [0.3, 0.4) is 0 Å². The van der Waals surface area contributed by atoms with Gasteiger partial charge >= 0.3 is 0 Å². The van der Waals surface area contributed by atoms with E-state index in [0.29, 0.717) is 13.0 Å². The van der Waals surface area contributed by atoms with E-state index in [1.807, 2.05) is 34.1 Å². The van der Waals surface area contributed by atoms with E-state index in [9.17, 15) is 9.59 Å². The van der Waals surface area contributed by atoms with Crippen molar-refractivity contribution in [2.24, 2.45) is 0 Å². The molecule has 142 valence electrons. The predicted octanol–water partition coefficient (Wildman–Crippen LogP) is 2.83. The molecule has 5 nitrogen and oxygen atoms in total. The number of carbonyl (C=O) groups excluding carboxylic acids is 2. The molecule has 2 amide bonds. The highest BCUT2D eigenvalue weighted by molar-refractivity contribution is 7.09. The number of thiophene rings is 1. The highest BCUT2D eigenvalue weighted by Crippen LogP contribution is 2.17. The van der Waals surface area contributed by atoms with E-state index in [1.54, 1.807) is 11.3 Å². The number of nitrogens with zero attached hydrogens (tertiary/aromatic N) is 3. The van der Waals surface area contributed by atoms with Crippen molar-refractivity contribution < 1.29 is 9.59 Å². The van der Waals surface area contributed by atoms with Crippen LogP contribution in [0.1, 0.15) is 33.6 Å². The molecule has 0 aliphatic carbocycles. The summed E-state index contributed by atoms with van der Waals surface area (Å²) in [4.78, 5) is 32.2. The number of piperazine rings is 1. The first-order valence-electron chi connectivity index (χ1n) is 9.60. The van der Waals surface area contributed by atoms with Crippen molar-refractivity contribution in [1.29, 1.82) is 0 Å². The van der Waals surface area contributed by atoms with Crippen LogP contribution < -0.4 is 0 Å². The fraction of sp³-hybridized carbons (Fsp3) is 0.429. The van der Waals surface area contributed by atoms with Crippen molar-refractivity contribution in [2.45, 2.75) is 25.9 Å². The number of amides is 2. The monoisotopic (exact) mass is 383 g/mol. The first kappa shape index (κ1) is 18.2. The van der Waals surface area contributed by atoms with E-state index in [4.69, 9.17) is 0 Å². The Morgan fingerprint density at radius 1 is 0.963 bits per heavy atom. The lowest BCUT2D eigenvalue weighted by Gasteiger charge is -2.34. The molecule has 6 heteroatoms. The summed E-state index contributed by atoms with van der Waals surface area (Å²) >= 11 is 1.79. The Morgan fingerprint density at radius 2 is 1.74 bits per heavy atom. The fourth-order valence-electron chi connectivity index (χ4n) is 3.76. The van der Waals surface area contributed by atoms with Gasteiger partial charge in [-0.15, -0.1) is 11.3 Å². The molecular formula is C21H25N3O2S. The lowest BCUT2D eigenvalue weighted by Crippen LogP contribution is -2.48. The average Bonchev–Trinajstić information content (AvgIpc) is 3.35. The van der Waals surface area contributed by atoms with Gasteiger partial charge in [-0.1, -0.05) is 18.2 Å². The zero-order valence-electron chi connectivity index (χ0n) is 15.5. The average molecular weight is 384 g/mol. The largest absolute Gasteiger partial charge is 0.338 e. The maximum Gasteiger partial charge on any atom is 0.253 e. The second-order valence-corrected chi connectivity index (χ2v) is 8.30. The van der Waals surface area contributed by atoms with Crippen LogP contribution in [0.5, 0.6) is 0 Å². The molecule has 0 spiro atoms. The van der Waals surface area contributed by atoms with Crippen LogP contribution in [0.25, 0.3) is 0 Å². The van der Waals surface area contributed by atoms with Crippen LogP contribution in [0.2, 0.25) is 0 Å². The summed E-state index contributed by atoms with van der Waals surface area (Å²) in [5.74, 6) is 0.338. The third-order valence-electron chi connectivity index (χ3n) is 5.36. The number of hydrogen-bond donors (Lipinski definition) is 0. The van der Waals surface area contributed by atoms with Crippen LogP contribution in [-0.4, -0.2) is 59.2 Å². The molecule has 0 saturated carbocycles. The molecule has 3 heterocycles. The normalized spacial score (nSPS) is 18.3. The van der Waals surface area contributed by atoms with E-state index < -0.39 is 0 Å². The zero-order valence-corrected chi connectivity index (χ0v) is 16.3. The number of carbonyl (C=O) groups is 2. The Hall–Kier alpha value is -2.18. The molecule has 4 rings (SSSR count). The van der Waals surface area contributed by atoms with Gasteiger partial charge in [-0.25, -0.2) is 0 Å². The lowest BCUT2D eigenvalue weighted by molar-refractivity contribution is -0.128. The summed E-state index contributed by atoms with van der Waals surface area (Å²) < 4.78 is 0. The fourth-order valence-corrected chi connectivity index (χ4v) is 4.51. The van der Waals surface area contributed by atoms with Gasteiger partial charge in [0.05, 0.1) is 0 Å². The Bertz CT molecular complexity index is 780. The van der Waals surface area contributed by atoms with Crippen LogP contribution in [0.15, 0.2) is 41.8 Å². The van der Waals surface area contributed by atoms with E-state index in [0.717, 1.165) is 56.8 Å². The Morgan fingerprint density at radius 3 is 2.37 bits per heavy atom. The Kier molecular flexibility index (Phi) is 5.55. The van der Waals surface area contributed by atoms with Crippen molar-refractivity contribution >= 4 is 23.2 Å². The van der Waals surface area contributed by atoms with Crippen LogP contribution >= 0.6 is 11.3 Å². The molecule has 0 unspecified atom stereocenters. The van der Waals surface area contributed by atoms with Crippen LogP contribution in [-0.2, 0) is 17.9 Å². The second-order valence-electron chi connectivity index (χ2n) is 7.26. The summed E-state index contributed by atoms with van der Waals surface area (Å²) in [7, 11) is 0. The molecule has 0 radical (unpaired) electrons. The van der Waals surface area contributed by atoms with E-state index in [2.05, 4.69) is 22.4 Å². The SMILES string of the molecule is O=C1CCCN1Cc1ccc(C(=O)N2CCN(Cc3cccs3)CC2)cc1. The summed E-state index contributed by atoms with van der Waals surface area (Å²) in [5.41, 5.74) is 1.82. The van der Waals surface area contributed by atoms with Crippen molar-refractivity contribution in [3.8, 4) is 0 Å². The van der Waals surface area contributed by atoms with E-state index in [-0.39, 0.29) is 11.8 Å². The number of likely N-dealkylation sites (tertiary alicyclic amines) is 1. The van der Waals surface area contributed by atoms with Crippen molar-refractivity contribution in [3.05, 3.63) is 57.8 Å². The summed E-state index contributed by atoms with van der Waals surface area (Å²) in [5, 5.41) is 2.11. The number of hydrogen-bond acceptors (Lipinski definition) is 4. The quantitative estimate of drug-likeness (QED) is 0.797. The molecule has 1 aromatic heterocycles. The molecule has 2 aliphatic heterocycles. The van der Waals surface area contributed by atoms with Gasteiger partial charge in [-0.2, -0.15) is 0 Å². The van der Waals surface area contributed by atoms with E-state index >= 15 is 0 Å². The topological polar surface area (TPSA) is 43.9 Å². The van der Waals surface area contributed by atoms with Crippen molar-refractivity contribution in [3.63, 3.8) is 0 Å². The molecule has 0 atom stereocenters. The highest BCUT2D eigenvalue weighted by Gasteiger charge is 2.23. The van der Waals surface area contributed by atoms with E-state index in [1.165, 1.54) is 4.88 Å². The van der Waals surface area contributed by atoms with Gasteiger partial charge in [0.15, 0.2) is 0 Å². The van der Waals surface area contributed by atoms with Gasteiger partial charge in [0.25, 0.3) is 5.91 Å². The molecule has 1 aromatic carbocycles. The Balaban J connectivity index is 1.30. The molecule has 2 saturated heterocycles. The molecule has 0 N–H and O–H groups in total. The molecule has 0 bridgehead atoms. The van der Waals surface area contributed by atoms with Gasteiger partial charge in [0, 0.05) is 62.7 Å². The first-order chi connectivity index (χ1) is 13.2. The molecule has 2 aromatic rings. The standard InChI is InChI=1S/C21H25N3O2S/c25-20-4-1-9-24(20)15-17-5-7-18(8-6-17)21(26)23-12-10-22(11-13-23)16-19-3-2-14-27-19/h2-3,5-8,14H,1,4,9-13,15-16H2. The highest BCUT2D eigenvalue weighted by atomic mass is 32.1. The zero-order chi connectivity index (χ0) is 18.6. The molecule has 2 aliphatic rings. The van der Waals surface area contributed by atoms with Crippen LogP contribution in [0, 0.1) is 0 Å². The third-order valence-corrected chi connectivity index (χ3v) is 6.23. The minimum Gasteiger partial charge on any atom is -0.338 e.